The molecule has 80 heavy (non-hydrogen) atoms. The SMILES string of the molecule is CC1(C)c2ccccc2-c2c1c1cc3c(cc1n2-c1ccccc1)c1cc(-c2ccc4c(c2)c2ccccc2n4-c2ccccc2)ccc1n3-c1ccc(-c2cccc(-c3nc(-c4ccccc4)nc(-c4ccccc4)n3)c2)cc1. The van der Waals surface area contributed by atoms with Crippen LogP contribution in [0.15, 0.2) is 267 Å². The lowest BCUT2D eigenvalue weighted by Gasteiger charge is -2.21. The molecule has 0 unspecified atom stereocenters. The molecule has 0 amide bonds. The van der Waals surface area contributed by atoms with Crippen LogP contribution in [-0.4, -0.2) is 28.7 Å². The number of rotatable bonds is 8. The molecule has 15 aromatic rings. The predicted octanol–water partition coefficient (Wildman–Crippen LogP) is 18.7. The number of hydrogen-bond acceptors (Lipinski definition) is 3. The van der Waals surface area contributed by atoms with Crippen LogP contribution in [0.3, 0.4) is 0 Å². The maximum atomic E-state index is 5.06. The van der Waals surface area contributed by atoms with Crippen molar-refractivity contribution in [1.29, 1.82) is 0 Å². The van der Waals surface area contributed by atoms with Crippen LogP contribution in [0.4, 0.5) is 0 Å². The first kappa shape index (κ1) is 45.7. The summed E-state index contributed by atoms with van der Waals surface area (Å²) in [5.41, 5.74) is 21.7. The van der Waals surface area contributed by atoms with Crippen LogP contribution in [0.5, 0.6) is 0 Å². The molecule has 11 aromatic carbocycles. The van der Waals surface area contributed by atoms with Crippen LogP contribution in [0.2, 0.25) is 0 Å². The van der Waals surface area contributed by atoms with E-state index in [9.17, 15) is 0 Å². The summed E-state index contributed by atoms with van der Waals surface area (Å²) >= 11 is 0. The summed E-state index contributed by atoms with van der Waals surface area (Å²) in [4.78, 5) is 15.1. The minimum Gasteiger partial charge on any atom is -0.309 e. The minimum atomic E-state index is -0.228. The smallest absolute Gasteiger partial charge is 0.164 e. The van der Waals surface area contributed by atoms with Gasteiger partial charge in [0.15, 0.2) is 17.5 Å². The summed E-state index contributed by atoms with van der Waals surface area (Å²) in [6.07, 6.45) is 0. The van der Waals surface area contributed by atoms with Gasteiger partial charge in [-0.25, -0.2) is 15.0 Å². The fourth-order valence-electron chi connectivity index (χ4n) is 12.9. The van der Waals surface area contributed by atoms with Crippen molar-refractivity contribution in [3.8, 4) is 84.7 Å². The zero-order valence-corrected chi connectivity index (χ0v) is 44.1. The van der Waals surface area contributed by atoms with E-state index in [1.54, 1.807) is 0 Å². The maximum Gasteiger partial charge on any atom is 0.164 e. The summed E-state index contributed by atoms with van der Waals surface area (Å²) < 4.78 is 7.38. The molecular formula is C74H50N6. The molecule has 1 aliphatic rings. The third-order valence-corrected chi connectivity index (χ3v) is 16.6. The van der Waals surface area contributed by atoms with E-state index in [0.717, 1.165) is 50.4 Å². The van der Waals surface area contributed by atoms with Gasteiger partial charge in [0, 0.05) is 71.7 Å². The molecule has 0 saturated carbocycles. The molecule has 6 heteroatoms. The fraction of sp³-hybridized carbons (Fsp3) is 0.0405. The molecule has 376 valence electrons. The average molecular weight is 1020 g/mol. The van der Waals surface area contributed by atoms with Crippen LogP contribution in [0.1, 0.15) is 25.0 Å². The van der Waals surface area contributed by atoms with E-state index in [0.29, 0.717) is 17.5 Å². The minimum absolute atomic E-state index is 0.228. The van der Waals surface area contributed by atoms with Crippen LogP contribution in [0, 0.1) is 0 Å². The van der Waals surface area contributed by atoms with E-state index >= 15 is 0 Å². The summed E-state index contributed by atoms with van der Waals surface area (Å²) in [5, 5.41) is 6.14. The van der Waals surface area contributed by atoms with Gasteiger partial charge in [0.05, 0.1) is 33.3 Å². The van der Waals surface area contributed by atoms with Crippen molar-refractivity contribution in [2.75, 3.05) is 0 Å². The largest absolute Gasteiger partial charge is 0.309 e. The third kappa shape index (κ3) is 7.09. The second-order valence-electron chi connectivity index (χ2n) is 21.6. The molecule has 0 fully saturated rings. The average Bonchev–Trinajstić information content (AvgIpc) is 4.39. The predicted molar refractivity (Wildman–Crippen MR) is 330 cm³/mol. The van der Waals surface area contributed by atoms with Crippen molar-refractivity contribution in [2.45, 2.75) is 19.3 Å². The summed E-state index contributed by atoms with van der Waals surface area (Å²) in [5.74, 6) is 1.91. The van der Waals surface area contributed by atoms with E-state index in [1.165, 1.54) is 82.5 Å². The first-order chi connectivity index (χ1) is 39.4. The van der Waals surface area contributed by atoms with Gasteiger partial charge in [0.2, 0.25) is 0 Å². The second kappa shape index (κ2) is 17.8. The van der Waals surface area contributed by atoms with E-state index < -0.39 is 0 Å². The molecule has 0 atom stereocenters. The number of aromatic nitrogens is 6. The molecule has 0 aliphatic heterocycles. The highest BCUT2D eigenvalue weighted by Crippen LogP contribution is 2.55. The lowest BCUT2D eigenvalue weighted by atomic mass is 9.81. The highest BCUT2D eigenvalue weighted by Gasteiger charge is 2.41. The van der Waals surface area contributed by atoms with E-state index in [-0.39, 0.29) is 5.41 Å². The fourth-order valence-corrected chi connectivity index (χ4v) is 12.9. The van der Waals surface area contributed by atoms with Gasteiger partial charge in [-0.05, 0) is 118 Å². The zero-order valence-electron chi connectivity index (χ0n) is 44.1. The maximum absolute atomic E-state index is 5.06. The standard InChI is InChI=1S/C74H50N6/c1-74(2)63-32-17-15-31-58(63)70-69(74)62-46-67-61(45-68(62)80(70)55-28-13-6-14-29-55)60-44-52(51-36-40-65-59(43-51)57-30-16-18-33-64(57)78(65)54-26-11-5-12-27-54)37-41-66(60)79(67)56-38-34-47(35-39-56)50-24-19-25-53(42-50)73-76-71(48-20-7-3-8-21-48)75-72(77-73)49-22-9-4-10-23-49/h3-46H,1-2H3. The monoisotopic (exact) mass is 1020 g/mol. The van der Waals surface area contributed by atoms with Crippen molar-refractivity contribution >= 4 is 54.5 Å². The first-order valence-corrected chi connectivity index (χ1v) is 27.4. The Kier molecular flexibility index (Phi) is 10.2. The van der Waals surface area contributed by atoms with Gasteiger partial charge >= 0.3 is 0 Å². The molecule has 0 saturated heterocycles. The molecule has 0 radical (unpaired) electrons. The van der Waals surface area contributed by atoms with Crippen LogP contribution < -0.4 is 0 Å². The first-order valence-electron chi connectivity index (χ1n) is 27.4. The Balaban J connectivity index is 0.877. The van der Waals surface area contributed by atoms with Gasteiger partial charge in [0.1, 0.15) is 0 Å². The number of nitrogens with zero attached hydrogens (tertiary/aromatic N) is 6. The van der Waals surface area contributed by atoms with Gasteiger partial charge < -0.3 is 13.7 Å². The Morgan fingerprint density at radius 1 is 0.275 bits per heavy atom. The van der Waals surface area contributed by atoms with Crippen molar-refractivity contribution in [3.05, 3.63) is 278 Å². The number of hydrogen-bond donors (Lipinski definition) is 0. The molecule has 0 spiro atoms. The Morgan fingerprint density at radius 2 is 0.700 bits per heavy atom. The summed E-state index contributed by atoms with van der Waals surface area (Å²) in [6.45, 7) is 4.79. The third-order valence-electron chi connectivity index (χ3n) is 16.6. The van der Waals surface area contributed by atoms with Gasteiger partial charge in [0.25, 0.3) is 0 Å². The van der Waals surface area contributed by atoms with Gasteiger partial charge in [-0.2, -0.15) is 0 Å². The Labute approximate surface area is 462 Å². The normalized spacial score (nSPS) is 12.7. The van der Waals surface area contributed by atoms with Crippen molar-refractivity contribution in [3.63, 3.8) is 0 Å². The molecule has 0 N–H and O–H groups in total. The lowest BCUT2D eigenvalue weighted by Crippen LogP contribution is -2.14. The summed E-state index contributed by atoms with van der Waals surface area (Å²) in [7, 11) is 0. The Morgan fingerprint density at radius 3 is 1.35 bits per heavy atom. The molecule has 6 nitrogen and oxygen atoms in total. The zero-order chi connectivity index (χ0) is 53.1. The molecular weight excluding hydrogens is 973 g/mol. The number of fused-ring (bicyclic) bond motifs is 11. The van der Waals surface area contributed by atoms with Crippen molar-refractivity contribution < 1.29 is 0 Å². The van der Waals surface area contributed by atoms with Crippen LogP contribution in [-0.2, 0) is 5.41 Å². The van der Waals surface area contributed by atoms with E-state index in [4.69, 9.17) is 15.0 Å². The van der Waals surface area contributed by atoms with Crippen molar-refractivity contribution in [2.24, 2.45) is 0 Å². The highest BCUT2D eigenvalue weighted by atomic mass is 15.0. The highest BCUT2D eigenvalue weighted by molar-refractivity contribution is 6.17. The molecule has 16 rings (SSSR count). The molecule has 4 aromatic heterocycles. The van der Waals surface area contributed by atoms with Gasteiger partial charge in [-0.15, -0.1) is 0 Å². The molecule has 4 heterocycles. The van der Waals surface area contributed by atoms with Gasteiger partial charge in [-0.1, -0.05) is 196 Å². The number of benzene rings is 11. The van der Waals surface area contributed by atoms with E-state index in [2.05, 4.69) is 234 Å². The van der Waals surface area contributed by atoms with Crippen LogP contribution in [0.25, 0.3) is 139 Å². The summed E-state index contributed by atoms with van der Waals surface area (Å²) in [6, 6.07) is 96.3. The molecule has 1 aliphatic carbocycles. The van der Waals surface area contributed by atoms with Crippen LogP contribution >= 0.6 is 0 Å². The Bertz CT molecular complexity index is 4880. The van der Waals surface area contributed by atoms with E-state index in [1.807, 2.05) is 60.7 Å². The van der Waals surface area contributed by atoms with Crippen molar-refractivity contribution in [1.82, 2.24) is 28.7 Å². The second-order valence-corrected chi connectivity index (χ2v) is 21.6. The lowest BCUT2D eigenvalue weighted by molar-refractivity contribution is 0.666. The number of para-hydroxylation sites is 3. The van der Waals surface area contributed by atoms with Gasteiger partial charge in [-0.3, -0.25) is 0 Å². The Hall–Kier alpha value is -10.4. The molecule has 0 bridgehead atoms. The quantitative estimate of drug-likeness (QED) is 0.152. The topological polar surface area (TPSA) is 53.5 Å².